The molecule has 0 radical (unpaired) electrons. The molecule has 1 aromatic heterocycles. The van der Waals surface area contributed by atoms with E-state index in [1.807, 2.05) is 6.07 Å². The number of unbranched alkanes of at least 4 members (excludes halogenated alkanes) is 2. The molecule has 1 saturated heterocycles. The summed E-state index contributed by atoms with van der Waals surface area (Å²) in [6, 6.07) is 13.7. The highest BCUT2D eigenvalue weighted by Gasteiger charge is 2.30. The first-order chi connectivity index (χ1) is 26.1. The van der Waals surface area contributed by atoms with Crippen LogP contribution in [0, 0.1) is 12.8 Å². The first kappa shape index (κ1) is 43.6. The second kappa shape index (κ2) is 23.8. The van der Waals surface area contributed by atoms with Crippen LogP contribution in [0.5, 0.6) is 0 Å². The third-order valence-electron chi connectivity index (χ3n) is 8.01. The van der Waals surface area contributed by atoms with Gasteiger partial charge in [-0.3, -0.25) is 19.2 Å². The monoisotopic (exact) mass is 748 g/mol. The molecule has 0 spiro atoms. The first-order valence-electron chi connectivity index (χ1n) is 17.2. The number of hydrogen-bond donors (Lipinski definition) is 6. The van der Waals surface area contributed by atoms with E-state index in [-0.39, 0.29) is 24.6 Å². The normalized spacial score (nSPS) is 11.7. The molecule has 3 aromatic rings. The number of carbonyl (C=O) groups excluding carboxylic acids is 6. The van der Waals surface area contributed by atoms with Crippen LogP contribution in [0.25, 0.3) is 10.9 Å². The Morgan fingerprint density at radius 3 is 2.00 bits per heavy atom. The number of benzene rings is 2. The number of hydrogen-bond acceptors (Lipinski definition) is 8. The van der Waals surface area contributed by atoms with Crippen LogP contribution in [0.2, 0.25) is 0 Å². The molecule has 54 heavy (non-hydrogen) atoms. The quantitative estimate of drug-likeness (QED) is 0.0442. The van der Waals surface area contributed by atoms with E-state index < -0.39 is 29.9 Å². The molecule has 290 valence electrons. The lowest BCUT2D eigenvalue weighted by atomic mass is 10.1. The molecule has 0 saturated carbocycles. The highest BCUT2D eigenvalue weighted by Crippen LogP contribution is 2.28. The van der Waals surface area contributed by atoms with Crippen LogP contribution >= 0.6 is 0 Å². The molecule has 0 atom stereocenters. The molecule has 1 fully saturated rings. The van der Waals surface area contributed by atoms with Crippen molar-refractivity contribution in [1.82, 2.24) is 35.6 Å². The minimum atomic E-state index is -1.01. The molecule has 0 aliphatic carbocycles. The number of carboxylic acid groups (broad SMARTS) is 1. The topological polar surface area (TPSA) is 221 Å². The van der Waals surface area contributed by atoms with Gasteiger partial charge in [-0.25, -0.2) is 14.4 Å². The van der Waals surface area contributed by atoms with Crippen LogP contribution in [0.3, 0.4) is 0 Å². The summed E-state index contributed by atoms with van der Waals surface area (Å²) < 4.78 is 6.21. The van der Waals surface area contributed by atoms with Gasteiger partial charge >= 0.3 is 18.2 Å². The van der Waals surface area contributed by atoms with Gasteiger partial charge < -0.3 is 50.8 Å². The van der Waals surface area contributed by atoms with Crippen molar-refractivity contribution < 1.29 is 43.4 Å². The highest BCUT2D eigenvalue weighted by atomic mass is 16.5. The van der Waals surface area contributed by atoms with Crippen LogP contribution in [-0.2, 0) is 21.4 Å². The van der Waals surface area contributed by atoms with Crippen LogP contribution < -0.4 is 26.6 Å². The number of ether oxygens (including phenoxy) is 1. The minimum absolute atomic E-state index is 0.0993. The van der Waals surface area contributed by atoms with Gasteiger partial charge in [0.1, 0.15) is 0 Å². The zero-order valence-corrected chi connectivity index (χ0v) is 30.5. The maximum atomic E-state index is 13.3. The fourth-order valence-electron chi connectivity index (χ4n) is 5.37. The second-order valence-corrected chi connectivity index (χ2v) is 11.7. The Bertz CT molecular complexity index is 1730. The second-order valence-electron chi connectivity index (χ2n) is 11.7. The number of nitrogens with one attached hydrogen (secondary N) is 5. The smallest absolute Gasteiger partial charge is 0.406 e. The number of urea groups is 1. The molecule has 1 aliphatic rings. The standard InChI is InChI=1S/C29H34N6O6.C6H12N2O3.C2H2/c1-33-19-22(25(36)27(38)35-17-15-34(16-18-35)26(37)20-9-4-3-5-10-20)21-11-8-12-23(24(21)33)32-28(39)30-13-6-7-14-31-29(40)41-2;9-5-7-3-1-2-4-8-6(10)11;1-2/h3-5,8-12,19H,6-7,13-18H2,1-2H3,(H,31,40)(H2,30,32,39);5,8H,1-4H2,(H,7,9)(H,10,11);1-2H. The lowest BCUT2D eigenvalue weighted by molar-refractivity contribution is -0.127. The number of alkyl carbamates (subject to hydrolysis) is 1. The summed E-state index contributed by atoms with van der Waals surface area (Å²) in [6.45, 7) is 3.09. The maximum Gasteiger partial charge on any atom is 0.406 e. The van der Waals surface area contributed by atoms with Gasteiger partial charge in [-0.1, -0.05) is 30.3 Å². The molecule has 4 rings (SSSR count). The molecule has 7 amide bonds. The number of nitrogens with zero attached hydrogens (tertiary/aromatic N) is 3. The van der Waals surface area contributed by atoms with E-state index in [1.165, 1.54) is 12.0 Å². The summed E-state index contributed by atoms with van der Waals surface area (Å²) in [5, 5.41) is 21.5. The zero-order valence-electron chi connectivity index (χ0n) is 30.5. The van der Waals surface area contributed by atoms with Crippen molar-refractivity contribution in [3.05, 3.63) is 65.9 Å². The fourth-order valence-corrected chi connectivity index (χ4v) is 5.37. The Hall–Kier alpha value is -6.57. The van der Waals surface area contributed by atoms with Gasteiger partial charge in [0.05, 0.1) is 23.9 Å². The Balaban J connectivity index is 0.000000667. The summed E-state index contributed by atoms with van der Waals surface area (Å²) in [7, 11) is 3.04. The van der Waals surface area contributed by atoms with E-state index in [9.17, 15) is 33.6 Å². The molecule has 17 heteroatoms. The van der Waals surface area contributed by atoms with Gasteiger partial charge in [-0.15, -0.1) is 12.8 Å². The Labute approximate surface area is 313 Å². The Kier molecular flexibility index (Phi) is 19.2. The number of Topliss-reactive ketones (excluding diaryl/α,β-unsaturated/α-hetero) is 1. The molecule has 17 nitrogen and oxygen atoms in total. The minimum Gasteiger partial charge on any atom is -0.465 e. The van der Waals surface area contributed by atoms with Gasteiger partial charge in [0.2, 0.25) is 6.41 Å². The van der Waals surface area contributed by atoms with E-state index >= 15 is 0 Å². The molecule has 1 aliphatic heterocycles. The number of aryl methyl sites for hydroxylation is 1. The molecule has 0 unspecified atom stereocenters. The van der Waals surface area contributed by atoms with Gasteiger partial charge in [0.25, 0.3) is 17.6 Å². The summed E-state index contributed by atoms with van der Waals surface area (Å²) >= 11 is 0. The maximum absolute atomic E-state index is 13.3. The molecule has 2 heterocycles. The molecular weight excluding hydrogens is 700 g/mol. The Morgan fingerprint density at radius 2 is 1.39 bits per heavy atom. The predicted octanol–water partition coefficient (Wildman–Crippen LogP) is 2.63. The van der Waals surface area contributed by atoms with E-state index in [0.29, 0.717) is 80.7 Å². The largest absolute Gasteiger partial charge is 0.465 e. The van der Waals surface area contributed by atoms with Gasteiger partial charge in [-0.05, 0) is 43.9 Å². The summed E-state index contributed by atoms with van der Waals surface area (Å²) in [4.78, 5) is 85.5. The van der Waals surface area contributed by atoms with Crippen molar-refractivity contribution in [1.29, 1.82) is 0 Å². The number of carbonyl (C=O) groups is 7. The lowest BCUT2D eigenvalue weighted by Gasteiger charge is -2.34. The highest BCUT2D eigenvalue weighted by molar-refractivity contribution is 6.45. The molecule has 0 bridgehead atoms. The van der Waals surface area contributed by atoms with Crippen molar-refractivity contribution in [2.24, 2.45) is 7.05 Å². The van der Waals surface area contributed by atoms with Gasteiger partial charge in [0.15, 0.2) is 0 Å². The van der Waals surface area contributed by atoms with E-state index in [4.69, 9.17) is 5.11 Å². The van der Waals surface area contributed by atoms with E-state index in [2.05, 4.69) is 44.2 Å². The van der Waals surface area contributed by atoms with Crippen molar-refractivity contribution in [2.75, 3.05) is 64.8 Å². The summed E-state index contributed by atoms with van der Waals surface area (Å²) in [6.07, 6.45) is 11.6. The number of amides is 7. The number of piperazine rings is 1. The number of aromatic nitrogens is 1. The first-order valence-corrected chi connectivity index (χ1v) is 17.2. The van der Waals surface area contributed by atoms with Crippen LogP contribution in [0.1, 0.15) is 46.4 Å². The number of anilines is 1. The fraction of sp³-hybridized carbons (Fsp3) is 0.378. The average Bonchev–Trinajstić information content (AvgIpc) is 3.54. The van der Waals surface area contributed by atoms with Gasteiger partial charge in [0, 0.05) is 76.6 Å². The van der Waals surface area contributed by atoms with Crippen LogP contribution in [0.15, 0.2) is 54.7 Å². The predicted molar refractivity (Wildman–Crippen MR) is 202 cm³/mol. The van der Waals surface area contributed by atoms with Crippen LogP contribution in [0.4, 0.5) is 20.1 Å². The van der Waals surface area contributed by atoms with Crippen molar-refractivity contribution >= 4 is 58.8 Å². The Morgan fingerprint density at radius 1 is 0.796 bits per heavy atom. The van der Waals surface area contributed by atoms with E-state index in [0.717, 1.165) is 12.8 Å². The SMILES string of the molecule is C#C.COC(=O)NCCCCNC(=O)Nc1cccc2c(C(=O)C(=O)N3CCN(C(=O)c4ccccc4)CC3)cn(C)c12.O=CNCCCCNC(=O)O. The van der Waals surface area contributed by atoms with Crippen molar-refractivity contribution in [3.8, 4) is 12.8 Å². The third-order valence-corrected chi connectivity index (χ3v) is 8.01. The number of terminal acetylenes is 1. The van der Waals surface area contributed by atoms with Crippen molar-refractivity contribution in [3.63, 3.8) is 0 Å². The third kappa shape index (κ3) is 13.9. The molecule has 2 aromatic carbocycles. The average molecular weight is 749 g/mol. The number of methoxy groups -OCH3 is 1. The number of rotatable bonds is 15. The molecule has 6 N–H and O–H groups in total. The molecular formula is C37H48N8O9. The number of para-hydroxylation sites is 1. The lowest BCUT2D eigenvalue weighted by Crippen LogP contribution is -2.52. The zero-order chi connectivity index (χ0) is 39.9. The van der Waals surface area contributed by atoms with Crippen LogP contribution in [-0.4, -0.2) is 121 Å². The van der Waals surface area contributed by atoms with E-state index in [1.54, 1.807) is 65.2 Å². The summed E-state index contributed by atoms with van der Waals surface area (Å²) in [5.41, 5.74) is 1.94. The number of fused-ring (bicyclic) bond motifs is 1. The van der Waals surface area contributed by atoms with Gasteiger partial charge in [-0.2, -0.15) is 0 Å². The summed E-state index contributed by atoms with van der Waals surface area (Å²) in [5.74, 6) is -1.36. The number of ketones is 1. The van der Waals surface area contributed by atoms with Crippen molar-refractivity contribution in [2.45, 2.75) is 25.7 Å².